The first kappa shape index (κ1) is 28.3. The van der Waals surface area contributed by atoms with Crippen molar-refractivity contribution in [3.8, 4) is 11.8 Å². The summed E-state index contributed by atoms with van der Waals surface area (Å²) in [6.45, 7) is 5.20. The van der Waals surface area contributed by atoms with E-state index in [-0.39, 0.29) is 30.3 Å². The summed E-state index contributed by atoms with van der Waals surface area (Å²) in [6.07, 6.45) is -3.03. The average Bonchev–Trinajstić information content (AvgIpc) is 2.93. The van der Waals surface area contributed by atoms with Gasteiger partial charge in [-0.1, -0.05) is 42.2 Å². The Morgan fingerprint density at radius 2 is 1.76 bits per heavy atom. The van der Waals surface area contributed by atoms with Crippen LogP contribution in [0.5, 0.6) is 0 Å². The van der Waals surface area contributed by atoms with E-state index in [4.69, 9.17) is 5.73 Å². The van der Waals surface area contributed by atoms with Gasteiger partial charge in [0.15, 0.2) is 5.78 Å². The third-order valence-corrected chi connectivity index (χ3v) is 7.37. The number of anilines is 1. The fraction of sp³-hybridized carbons (Fsp3) is 0.281. The van der Waals surface area contributed by atoms with E-state index < -0.39 is 11.7 Å². The number of nitrogens with two attached hydrogens (primary N) is 1. The minimum atomic E-state index is -4.51. The number of benzene rings is 3. The normalized spacial score (nSPS) is 14.6. The molecule has 0 unspecified atom stereocenters. The molecule has 6 nitrogen and oxygen atoms in total. The van der Waals surface area contributed by atoms with Gasteiger partial charge in [0.25, 0.3) is 0 Å². The third kappa shape index (κ3) is 6.73. The number of piperazine rings is 1. The summed E-state index contributed by atoms with van der Waals surface area (Å²) in [4.78, 5) is 25.7. The number of aromatic nitrogens is 2. The Morgan fingerprint density at radius 3 is 2.51 bits per heavy atom. The first-order valence-corrected chi connectivity index (χ1v) is 13.3. The van der Waals surface area contributed by atoms with Crippen molar-refractivity contribution in [3.05, 3.63) is 99.7 Å². The van der Waals surface area contributed by atoms with Gasteiger partial charge in [-0.25, -0.2) is 9.97 Å². The first-order valence-electron chi connectivity index (χ1n) is 13.3. The highest BCUT2D eigenvalue weighted by atomic mass is 19.4. The highest BCUT2D eigenvalue weighted by molar-refractivity contribution is 5.98. The number of carbonyl (C=O) groups is 1. The lowest BCUT2D eigenvalue weighted by Crippen LogP contribution is -2.44. The maximum absolute atomic E-state index is 14.0. The summed E-state index contributed by atoms with van der Waals surface area (Å²) < 4.78 is 42.0. The Bertz CT molecular complexity index is 1660. The number of ketones is 1. The van der Waals surface area contributed by atoms with Crippen LogP contribution in [0.15, 0.2) is 60.8 Å². The molecule has 1 aliphatic rings. The Labute approximate surface area is 237 Å². The lowest BCUT2D eigenvalue weighted by Gasteiger charge is -2.33. The molecule has 210 valence electrons. The number of halogens is 3. The van der Waals surface area contributed by atoms with E-state index in [2.05, 4.69) is 26.7 Å². The van der Waals surface area contributed by atoms with Crippen LogP contribution < -0.4 is 5.73 Å². The lowest BCUT2D eigenvalue weighted by molar-refractivity contribution is -0.138. The Hall–Kier alpha value is -4.26. The van der Waals surface area contributed by atoms with Crippen LogP contribution in [0.3, 0.4) is 0 Å². The Kier molecular flexibility index (Phi) is 8.06. The number of nitrogens with zero attached hydrogens (tertiary/aromatic N) is 4. The molecule has 0 radical (unpaired) electrons. The molecule has 0 aliphatic carbocycles. The zero-order valence-corrected chi connectivity index (χ0v) is 22.9. The van der Waals surface area contributed by atoms with Gasteiger partial charge in [0, 0.05) is 67.4 Å². The molecule has 9 heteroatoms. The number of hydrogen-bond acceptors (Lipinski definition) is 6. The van der Waals surface area contributed by atoms with Crippen LogP contribution in [-0.4, -0.2) is 58.8 Å². The number of Topliss-reactive ketones (excluding diaryl/α,β-unsaturated/α-hetero) is 1. The highest BCUT2D eigenvalue weighted by Gasteiger charge is 2.34. The van der Waals surface area contributed by atoms with E-state index in [9.17, 15) is 18.0 Å². The van der Waals surface area contributed by atoms with Gasteiger partial charge in [-0.15, -0.1) is 0 Å². The lowest BCUT2D eigenvalue weighted by atomic mass is 9.96. The van der Waals surface area contributed by atoms with Crippen LogP contribution in [-0.2, 0) is 19.1 Å². The van der Waals surface area contributed by atoms with Crippen LogP contribution in [0.25, 0.3) is 10.9 Å². The fourth-order valence-electron chi connectivity index (χ4n) is 4.91. The summed E-state index contributed by atoms with van der Waals surface area (Å²) in [5, 5.41) is 0.760. The number of alkyl halides is 3. The van der Waals surface area contributed by atoms with Crippen molar-refractivity contribution in [2.24, 2.45) is 0 Å². The van der Waals surface area contributed by atoms with Gasteiger partial charge in [0.2, 0.25) is 5.95 Å². The molecule has 0 amide bonds. The Morgan fingerprint density at radius 1 is 1.00 bits per heavy atom. The van der Waals surface area contributed by atoms with Gasteiger partial charge >= 0.3 is 6.18 Å². The van der Waals surface area contributed by atoms with E-state index in [1.54, 1.807) is 30.5 Å². The number of likely N-dealkylation sites (N-methyl/N-ethyl adjacent to an activating group) is 1. The topological polar surface area (TPSA) is 75.4 Å². The van der Waals surface area contributed by atoms with E-state index in [1.807, 2.05) is 37.1 Å². The van der Waals surface area contributed by atoms with Crippen LogP contribution in [0, 0.1) is 18.8 Å². The van der Waals surface area contributed by atoms with Crippen molar-refractivity contribution in [3.63, 3.8) is 0 Å². The number of aryl methyl sites for hydroxylation is 1. The summed E-state index contributed by atoms with van der Waals surface area (Å²) in [5.74, 6) is 6.16. The molecule has 1 fully saturated rings. The molecule has 3 aromatic carbocycles. The quantitative estimate of drug-likeness (QED) is 0.272. The number of carbonyl (C=O) groups excluding carboxylic acids is 1. The summed E-state index contributed by atoms with van der Waals surface area (Å²) in [6, 6.07) is 14.9. The van der Waals surface area contributed by atoms with Crippen LogP contribution in [0.1, 0.15) is 43.7 Å². The molecule has 2 N–H and O–H groups in total. The van der Waals surface area contributed by atoms with Crippen molar-refractivity contribution in [2.75, 3.05) is 39.0 Å². The molecule has 1 aromatic heterocycles. The van der Waals surface area contributed by atoms with Crippen LogP contribution in [0.4, 0.5) is 19.1 Å². The van der Waals surface area contributed by atoms with Crippen molar-refractivity contribution < 1.29 is 18.0 Å². The molecule has 1 saturated heterocycles. The average molecular weight is 558 g/mol. The number of hydrogen-bond donors (Lipinski definition) is 1. The molecule has 0 spiro atoms. The second kappa shape index (κ2) is 11.7. The van der Waals surface area contributed by atoms with E-state index in [0.29, 0.717) is 22.2 Å². The molecular weight excluding hydrogens is 527 g/mol. The van der Waals surface area contributed by atoms with Gasteiger partial charge in [-0.3, -0.25) is 9.69 Å². The fourth-order valence-corrected chi connectivity index (χ4v) is 4.91. The first-order chi connectivity index (χ1) is 19.6. The van der Waals surface area contributed by atoms with Crippen molar-refractivity contribution in [1.29, 1.82) is 0 Å². The van der Waals surface area contributed by atoms with Crippen LogP contribution in [0.2, 0.25) is 0 Å². The number of nitrogen functional groups attached to an aromatic ring is 1. The zero-order valence-electron chi connectivity index (χ0n) is 22.9. The van der Waals surface area contributed by atoms with Gasteiger partial charge in [-0.2, -0.15) is 13.2 Å². The minimum Gasteiger partial charge on any atom is -0.368 e. The molecular formula is C32H30F3N5O. The summed E-state index contributed by atoms with van der Waals surface area (Å²) in [7, 11) is 2.01. The summed E-state index contributed by atoms with van der Waals surface area (Å²) in [5.41, 5.74) is 8.88. The van der Waals surface area contributed by atoms with E-state index >= 15 is 0 Å². The monoisotopic (exact) mass is 557 g/mol. The molecule has 41 heavy (non-hydrogen) atoms. The molecule has 0 bridgehead atoms. The largest absolute Gasteiger partial charge is 0.416 e. The number of rotatable bonds is 5. The van der Waals surface area contributed by atoms with E-state index in [0.717, 1.165) is 48.8 Å². The minimum absolute atomic E-state index is 0.143. The predicted molar refractivity (Wildman–Crippen MR) is 153 cm³/mol. The highest BCUT2D eigenvalue weighted by Crippen LogP contribution is 2.34. The van der Waals surface area contributed by atoms with Crippen molar-refractivity contribution in [2.45, 2.75) is 26.1 Å². The van der Waals surface area contributed by atoms with Gasteiger partial charge < -0.3 is 10.6 Å². The second-order valence-corrected chi connectivity index (χ2v) is 10.4. The predicted octanol–water partition coefficient (Wildman–Crippen LogP) is 5.11. The van der Waals surface area contributed by atoms with E-state index in [1.165, 1.54) is 6.07 Å². The third-order valence-electron chi connectivity index (χ3n) is 7.37. The second-order valence-electron chi connectivity index (χ2n) is 10.4. The molecule has 2 heterocycles. The maximum atomic E-state index is 14.0. The summed E-state index contributed by atoms with van der Waals surface area (Å²) >= 11 is 0. The van der Waals surface area contributed by atoms with Crippen molar-refractivity contribution >= 4 is 22.6 Å². The van der Waals surface area contributed by atoms with Gasteiger partial charge in [-0.05, 0) is 54.9 Å². The standard InChI is InChI=1S/C32H30F3N5O/c1-21-6-8-25(18-24(21)11-10-23-4-3-5-29-27(23)19-37-31(36)38-29)30(41)17-22-7-9-26(28(16-22)32(33,34)35)20-40-14-12-39(2)13-15-40/h3-9,16,18-19H,12-15,17,20H2,1-2H3,(H2,36,37,38). The number of fused-ring (bicyclic) bond motifs is 1. The van der Waals surface area contributed by atoms with Crippen LogP contribution >= 0.6 is 0 Å². The molecule has 1 aliphatic heterocycles. The van der Waals surface area contributed by atoms with Gasteiger partial charge in [0.05, 0.1) is 11.1 Å². The smallest absolute Gasteiger partial charge is 0.368 e. The SMILES string of the molecule is Cc1ccc(C(=O)Cc2ccc(CN3CCN(C)CC3)c(C(F)(F)F)c2)cc1C#Cc1cccc2nc(N)ncc12. The molecule has 5 rings (SSSR count). The van der Waals surface area contributed by atoms with Gasteiger partial charge in [0.1, 0.15) is 0 Å². The van der Waals surface area contributed by atoms with Crippen molar-refractivity contribution in [1.82, 2.24) is 19.8 Å². The molecule has 4 aromatic rings. The molecule has 0 atom stereocenters. The zero-order chi connectivity index (χ0) is 29.1. The Balaban J connectivity index is 1.36. The maximum Gasteiger partial charge on any atom is 0.416 e. The molecule has 0 saturated carbocycles.